The lowest BCUT2D eigenvalue weighted by Crippen LogP contribution is -2.53. The second-order valence-electron chi connectivity index (χ2n) is 10.2. The Morgan fingerprint density at radius 3 is 2.16 bits per heavy atom. The first-order valence-corrected chi connectivity index (χ1v) is 15.8. The monoisotopic (exact) mass is 637 g/mol. The summed E-state index contributed by atoms with van der Waals surface area (Å²) >= 11 is 12.8. The van der Waals surface area contributed by atoms with Crippen LogP contribution in [-0.4, -0.2) is 44.8 Å². The van der Waals surface area contributed by atoms with Crippen LogP contribution in [-0.2, 0) is 32.6 Å². The molecule has 43 heavy (non-hydrogen) atoms. The van der Waals surface area contributed by atoms with Crippen LogP contribution in [0.3, 0.4) is 0 Å². The first-order chi connectivity index (χ1) is 20.5. The van der Waals surface area contributed by atoms with Crippen LogP contribution in [0.15, 0.2) is 102 Å². The van der Waals surface area contributed by atoms with E-state index < -0.39 is 28.5 Å². The number of carbonyl (C=O) groups excluding carboxylic acids is 2. The Hall–Kier alpha value is -3.85. The van der Waals surface area contributed by atoms with Gasteiger partial charge >= 0.3 is 0 Å². The Labute approximate surface area is 263 Å². The molecule has 0 spiro atoms. The number of halogens is 2. The number of likely N-dealkylation sites (N-methyl/N-ethyl adjacent to an activating group) is 1. The summed E-state index contributed by atoms with van der Waals surface area (Å²) in [6.07, 6.45) is 0.223. The smallest absolute Gasteiger partial charge is 0.264 e. The number of nitrogens with zero attached hydrogens (tertiary/aromatic N) is 2. The molecule has 0 unspecified atom stereocenters. The predicted octanol–water partition coefficient (Wildman–Crippen LogP) is 6.19. The van der Waals surface area contributed by atoms with E-state index in [9.17, 15) is 18.0 Å². The Balaban J connectivity index is 1.83. The van der Waals surface area contributed by atoms with Crippen LogP contribution in [0.25, 0.3) is 0 Å². The molecule has 0 fully saturated rings. The lowest BCUT2D eigenvalue weighted by atomic mass is 10.0. The molecule has 2 amide bonds. The molecule has 1 N–H and O–H groups in total. The summed E-state index contributed by atoms with van der Waals surface area (Å²) in [4.78, 5) is 29.2. The maximum absolute atomic E-state index is 14.4. The van der Waals surface area contributed by atoms with Crippen LogP contribution in [0.4, 0.5) is 5.69 Å². The molecular weight excluding hydrogens is 605 g/mol. The van der Waals surface area contributed by atoms with E-state index in [0.29, 0.717) is 0 Å². The van der Waals surface area contributed by atoms with Crippen molar-refractivity contribution in [3.05, 3.63) is 129 Å². The number of anilines is 1. The molecule has 4 aromatic rings. The molecule has 0 aromatic heterocycles. The summed E-state index contributed by atoms with van der Waals surface area (Å²) in [7, 11) is -2.78. The van der Waals surface area contributed by atoms with Crippen molar-refractivity contribution in [1.82, 2.24) is 10.2 Å². The Kier molecular flexibility index (Phi) is 10.5. The van der Waals surface area contributed by atoms with E-state index in [1.54, 1.807) is 12.1 Å². The number of hydrogen-bond acceptors (Lipinski definition) is 4. The molecule has 10 heteroatoms. The first kappa shape index (κ1) is 32.1. The van der Waals surface area contributed by atoms with E-state index in [2.05, 4.69) is 5.32 Å². The molecule has 7 nitrogen and oxygen atoms in total. The second kappa shape index (κ2) is 14.1. The summed E-state index contributed by atoms with van der Waals surface area (Å²) < 4.78 is 29.2. The molecule has 0 saturated carbocycles. The third-order valence-corrected chi connectivity index (χ3v) is 9.51. The first-order valence-electron chi connectivity index (χ1n) is 13.6. The molecule has 0 aliphatic heterocycles. The third kappa shape index (κ3) is 7.76. The number of hydrogen-bond donors (Lipinski definition) is 1. The second-order valence-corrected chi connectivity index (χ2v) is 12.9. The molecule has 0 aliphatic rings. The van der Waals surface area contributed by atoms with E-state index in [-0.39, 0.29) is 39.5 Å². The molecule has 224 valence electrons. The fraction of sp³-hybridized carbons (Fsp3) is 0.212. The van der Waals surface area contributed by atoms with Gasteiger partial charge in [-0.25, -0.2) is 8.42 Å². The zero-order valence-corrected chi connectivity index (χ0v) is 26.5. The maximum Gasteiger partial charge on any atom is 0.264 e. The van der Waals surface area contributed by atoms with Gasteiger partial charge in [-0.15, -0.1) is 0 Å². The summed E-state index contributed by atoms with van der Waals surface area (Å²) in [5.74, 6) is -0.959. The van der Waals surface area contributed by atoms with Crippen molar-refractivity contribution in [3.8, 4) is 0 Å². The van der Waals surface area contributed by atoms with Crippen molar-refractivity contribution in [1.29, 1.82) is 0 Å². The highest BCUT2D eigenvalue weighted by molar-refractivity contribution is 7.92. The zero-order valence-electron chi connectivity index (χ0n) is 24.1. The van der Waals surface area contributed by atoms with E-state index >= 15 is 0 Å². The Bertz CT molecular complexity index is 1700. The number of nitrogens with one attached hydrogen (secondary N) is 1. The van der Waals surface area contributed by atoms with Crippen LogP contribution < -0.4 is 9.62 Å². The van der Waals surface area contributed by atoms with Gasteiger partial charge in [-0.3, -0.25) is 13.9 Å². The van der Waals surface area contributed by atoms with Gasteiger partial charge in [-0.05, 0) is 60.9 Å². The standard InChI is InChI=1S/C33H33Cl2N3O4S/c1-23-13-16-28(17-14-23)43(41,42)38(30-20-27(34)15-18-29(30)35)22-32(39)37(21-26-12-8-7-9-24(26)2)31(33(40)36-3)19-25-10-5-4-6-11-25/h4-18,20,31H,19,21-22H2,1-3H3,(H,36,40)/t31-/m1/s1. The fourth-order valence-corrected chi connectivity index (χ4v) is 6.58. The largest absolute Gasteiger partial charge is 0.357 e. The average molecular weight is 639 g/mol. The summed E-state index contributed by atoms with van der Waals surface area (Å²) in [5.41, 5.74) is 3.53. The number of carbonyl (C=O) groups is 2. The highest BCUT2D eigenvalue weighted by Crippen LogP contribution is 2.33. The molecule has 4 rings (SSSR count). The maximum atomic E-state index is 14.4. The molecule has 0 bridgehead atoms. The minimum Gasteiger partial charge on any atom is -0.357 e. The van der Waals surface area contributed by atoms with Gasteiger partial charge in [0.05, 0.1) is 15.6 Å². The minimum absolute atomic E-state index is 0.0143. The Morgan fingerprint density at radius 2 is 1.51 bits per heavy atom. The van der Waals surface area contributed by atoms with Crippen molar-refractivity contribution in [2.45, 2.75) is 37.8 Å². The third-order valence-electron chi connectivity index (χ3n) is 7.18. The molecule has 0 heterocycles. The van der Waals surface area contributed by atoms with Gasteiger partial charge in [0.15, 0.2) is 0 Å². The molecular formula is C33H33Cl2N3O4S. The normalized spacial score (nSPS) is 11.9. The lowest BCUT2D eigenvalue weighted by molar-refractivity contribution is -0.139. The SMILES string of the molecule is CNC(=O)[C@@H](Cc1ccccc1)N(Cc1ccccc1C)C(=O)CN(c1cc(Cl)ccc1Cl)S(=O)(=O)c1ccc(C)cc1. The van der Waals surface area contributed by atoms with Gasteiger partial charge in [0, 0.05) is 25.0 Å². The lowest BCUT2D eigenvalue weighted by Gasteiger charge is -2.34. The van der Waals surface area contributed by atoms with Crippen molar-refractivity contribution in [3.63, 3.8) is 0 Å². The highest BCUT2D eigenvalue weighted by Gasteiger charge is 2.35. The van der Waals surface area contributed by atoms with Crippen LogP contribution in [0.5, 0.6) is 0 Å². The number of sulfonamides is 1. The van der Waals surface area contributed by atoms with Crippen LogP contribution in [0, 0.1) is 13.8 Å². The van der Waals surface area contributed by atoms with Gasteiger partial charge < -0.3 is 10.2 Å². The predicted molar refractivity (Wildman–Crippen MR) is 172 cm³/mol. The van der Waals surface area contributed by atoms with Gasteiger partial charge in [-0.2, -0.15) is 0 Å². The quantitative estimate of drug-likeness (QED) is 0.212. The average Bonchev–Trinajstić information content (AvgIpc) is 3.00. The van der Waals surface area contributed by atoms with Crippen molar-refractivity contribution in [2.24, 2.45) is 0 Å². The number of benzene rings is 4. The number of aryl methyl sites for hydroxylation is 2. The van der Waals surface area contributed by atoms with E-state index in [0.717, 1.165) is 26.6 Å². The summed E-state index contributed by atoms with van der Waals surface area (Å²) in [5, 5.41) is 3.03. The summed E-state index contributed by atoms with van der Waals surface area (Å²) in [6.45, 7) is 3.23. The Morgan fingerprint density at radius 1 is 0.860 bits per heavy atom. The molecule has 0 aliphatic carbocycles. The van der Waals surface area contributed by atoms with Gasteiger partial charge in [0.1, 0.15) is 12.6 Å². The number of rotatable bonds is 11. The van der Waals surface area contributed by atoms with Gasteiger partial charge in [-0.1, -0.05) is 95.5 Å². The molecule has 4 aromatic carbocycles. The van der Waals surface area contributed by atoms with Gasteiger partial charge in [0.2, 0.25) is 11.8 Å². The van der Waals surface area contributed by atoms with E-state index in [1.165, 1.54) is 42.3 Å². The zero-order chi connectivity index (χ0) is 31.1. The summed E-state index contributed by atoms with van der Waals surface area (Å²) in [6, 6.07) is 26.7. The molecule has 1 atom stereocenters. The molecule has 0 radical (unpaired) electrons. The van der Waals surface area contributed by atoms with Crippen molar-refractivity contribution >= 4 is 50.7 Å². The minimum atomic E-state index is -4.29. The number of amides is 2. The van der Waals surface area contributed by atoms with Crippen molar-refractivity contribution in [2.75, 3.05) is 17.9 Å². The van der Waals surface area contributed by atoms with Crippen LogP contribution in [0.2, 0.25) is 10.0 Å². The molecule has 0 saturated heterocycles. The highest BCUT2D eigenvalue weighted by atomic mass is 35.5. The fourth-order valence-electron chi connectivity index (χ4n) is 4.72. The van der Waals surface area contributed by atoms with E-state index in [4.69, 9.17) is 23.2 Å². The van der Waals surface area contributed by atoms with Gasteiger partial charge in [0.25, 0.3) is 10.0 Å². The van der Waals surface area contributed by atoms with Crippen LogP contribution >= 0.6 is 23.2 Å². The van der Waals surface area contributed by atoms with E-state index in [1.807, 2.05) is 68.4 Å². The topological polar surface area (TPSA) is 86.8 Å². The van der Waals surface area contributed by atoms with Crippen molar-refractivity contribution < 1.29 is 18.0 Å². The van der Waals surface area contributed by atoms with Crippen LogP contribution in [0.1, 0.15) is 22.3 Å².